The van der Waals surface area contributed by atoms with Crippen molar-refractivity contribution in [3.63, 3.8) is 0 Å². The summed E-state index contributed by atoms with van der Waals surface area (Å²) < 4.78 is 6.36. The zero-order chi connectivity index (χ0) is 19.7. The fraction of sp³-hybridized carbons (Fsp3) is 0.235. The number of thiophene rings is 1. The van der Waals surface area contributed by atoms with Crippen LogP contribution >= 0.6 is 11.3 Å². The number of fused-ring (bicyclic) bond motifs is 1. The van der Waals surface area contributed by atoms with E-state index in [1.54, 1.807) is 6.92 Å². The summed E-state index contributed by atoms with van der Waals surface area (Å²) in [5.74, 6) is -0.239. The number of rotatable bonds is 5. The van der Waals surface area contributed by atoms with Gasteiger partial charge in [0.05, 0.1) is 10.3 Å². The minimum absolute atomic E-state index is 0.0286. The van der Waals surface area contributed by atoms with Gasteiger partial charge in [-0.25, -0.2) is 9.66 Å². The van der Waals surface area contributed by atoms with Crippen LogP contribution in [0, 0.1) is 30.9 Å². The summed E-state index contributed by atoms with van der Waals surface area (Å²) in [5, 5.41) is 11.3. The number of nitrogens with zero attached hydrogens (tertiary/aromatic N) is 3. The number of hydrogen-bond donors (Lipinski definition) is 1. The maximum absolute atomic E-state index is 12.5. The number of nitro benzene ring substituents is 1. The Balaban J connectivity index is 1.71. The number of aromatic nitrogens is 2. The van der Waals surface area contributed by atoms with Crippen LogP contribution in [-0.4, -0.2) is 27.1 Å². The van der Waals surface area contributed by atoms with E-state index in [2.05, 4.69) is 10.4 Å². The molecule has 0 saturated heterocycles. The first-order chi connectivity index (χ1) is 12.8. The van der Waals surface area contributed by atoms with E-state index >= 15 is 0 Å². The monoisotopic (exact) mass is 388 g/mol. The Hall–Kier alpha value is -3.27. The lowest BCUT2D eigenvalue weighted by Gasteiger charge is -2.09. The number of benzene rings is 1. The summed E-state index contributed by atoms with van der Waals surface area (Å²) in [5.41, 5.74) is 3.30. The van der Waals surface area contributed by atoms with Gasteiger partial charge in [-0.1, -0.05) is 0 Å². The molecule has 0 unspecified atom stereocenters. The van der Waals surface area contributed by atoms with E-state index in [-0.39, 0.29) is 17.9 Å². The summed E-state index contributed by atoms with van der Waals surface area (Å²) in [6, 6.07) is 4.20. The van der Waals surface area contributed by atoms with Gasteiger partial charge in [-0.15, -0.1) is 11.3 Å². The molecule has 0 bridgehead atoms. The van der Waals surface area contributed by atoms with E-state index in [1.165, 1.54) is 35.9 Å². The van der Waals surface area contributed by atoms with Crippen LogP contribution in [0.3, 0.4) is 0 Å². The number of nitrogens with one attached hydrogen (secondary N) is 1. The van der Waals surface area contributed by atoms with Crippen LogP contribution in [0.25, 0.3) is 10.2 Å². The molecule has 0 aliphatic heterocycles. The lowest BCUT2D eigenvalue weighted by Crippen LogP contribution is -2.35. The first kappa shape index (κ1) is 18.5. The summed E-state index contributed by atoms with van der Waals surface area (Å²) in [6.07, 6.45) is 1.26. The molecule has 1 amide bonds. The lowest BCUT2D eigenvalue weighted by molar-refractivity contribution is -0.385. The first-order valence-corrected chi connectivity index (χ1v) is 8.74. The Morgan fingerprint density at radius 2 is 2.11 bits per heavy atom. The molecular weight excluding hydrogens is 372 g/mol. The van der Waals surface area contributed by atoms with Crippen molar-refractivity contribution < 1.29 is 14.5 Å². The second kappa shape index (κ2) is 7.16. The van der Waals surface area contributed by atoms with Crippen molar-refractivity contribution in [3.8, 4) is 5.75 Å². The highest BCUT2D eigenvalue weighted by Crippen LogP contribution is 2.25. The third kappa shape index (κ3) is 3.65. The van der Waals surface area contributed by atoms with Crippen LogP contribution in [-0.2, 0) is 4.79 Å². The Morgan fingerprint density at radius 3 is 2.78 bits per heavy atom. The van der Waals surface area contributed by atoms with Crippen LogP contribution in [0.1, 0.15) is 16.0 Å². The topological polar surface area (TPSA) is 116 Å². The van der Waals surface area contributed by atoms with Crippen LogP contribution in [0.2, 0.25) is 0 Å². The molecule has 9 nitrogen and oxygen atoms in total. The highest BCUT2D eigenvalue weighted by molar-refractivity contribution is 7.18. The molecule has 0 saturated carbocycles. The molecule has 10 heteroatoms. The summed E-state index contributed by atoms with van der Waals surface area (Å²) >= 11 is 1.42. The summed E-state index contributed by atoms with van der Waals surface area (Å²) in [4.78, 5) is 40.8. The molecule has 140 valence electrons. The van der Waals surface area contributed by atoms with Crippen LogP contribution in [0.15, 0.2) is 29.3 Å². The third-order valence-corrected chi connectivity index (χ3v) is 5.19. The minimum atomic E-state index is -0.557. The Labute approximate surface area is 157 Å². The zero-order valence-electron chi connectivity index (χ0n) is 14.8. The molecule has 1 aromatic carbocycles. The van der Waals surface area contributed by atoms with Crippen LogP contribution < -0.4 is 15.7 Å². The SMILES string of the molecule is Cc1cc(OCC(=O)Nn2cnc3sc(C)c(C)c3c2=O)ccc1[N+](=O)[O-]. The normalized spacial score (nSPS) is 10.8. The van der Waals surface area contributed by atoms with Gasteiger partial charge in [0.1, 0.15) is 16.9 Å². The maximum atomic E-state index is 12.5. The van der Waals surface area contributed by atoms with Crippen LogP contribution in [0.4, 0.5) is 5.69 Å². The molecule has 1 N–H and O–H groups in total. The summed E-state index contributed by atoms with van der Waals surface area (Å²) in [7, 11) is 0. The largest absolute Gasteiger partial charge is 0.484 e. The van der Waals surface area contributed by atoms with Gasteiger partial charge >= 0.3 is 0 Å². The van der Waals surface area contributed by atoms with Crippen molar-refractivity contribution in [3.05, 3.63) is 61.0 Å². The van der Waals surface area contributed by atoms with Gasteiger partial charge in [0.15, 0.2) is 6.61 Å². The molecule has 2 aromatic heterocycles. The summed E-state index contributed by atoms with van der Waals surface area (Å²) in [6.45, 7) is 4.97. The van der Waals surface area contributed by atoms with Gasteiger partial charge in [0.25, 0.3) is 17.2 Å². The molecule has 3 aromatic rings. The number of aryl methyl sites for hydroxylation is 3. The highest BCUT2D eigenvalue weighted by Gasteiger charge is 2.14. The molecular formula is C17H16N4O5S. The average Bonchev–Trinajstić information content (AvgIpc) is 2.90. The molecule has 2 heterocycles. The number of ether oxygens (including phenoxy) is 1. The van der Waals surface area contributed by atoms with Crippen molar-refractivity contribution in [2.45, 2.75) is 20.8 Å². The maximum Gasteiger partial charge on any atom is 0.281 e. The zero-order valence-corrected chi connectivity index (χ0v) is 15.6. The fourth-order valence-corrected chi connectivity index (χ4v) is 3.54. The Kier molecular flexibility index (Phi) is 4.91. The van der Waals surface area contributed by atoms with Gasteiger partial charge in [0, 0.05) is 16.5 Å². The number of hydrogen-bond acceptors (Lipinski definition) is 7. The quantitative estimate of drug-likeness (QED) is 0.530. The molecule has 0 spiro atoms. The van der Waals surface area contributed by atoms with E-state index in [4.69, 9.17) is 4.74 Å². The van der Waals surface area contributed by atoms with Crippen molar-refractivity contribution in [1.29, 1.82) is 0 Å². The molecule has 0 atom stereocenters. The van der Waals surface area contributed by atoms with E-state index in [0.717, 1.165) is 15.1 Å². The van der Waals surface area contributed by atoms with Crippen molar-refractivity contribution in [2.75, 3.05) is 12.0 Å². The van der Waals surface area contributed by atoms with E-state index < -0.39 is 10.8 Å². The lowest BCUT2D eigenvalue weighted by atomic mass is 10.2. The van der Waals surface area contributed by atoms with Crippen LogP contribution in [0.5, 0.6) is 5.75 Å². The first-order valence-electron chi connectivity index (χ1n) is 7.93. The molecule has 0 fully saturated rings. The predicted octanol–water partition coefficient (Wildman–Crippen LogP) is 2.44. The average molecular weight is 388 g/mol. The number of carbonyl (C=O) groups is 1. The predicted molar refractivity (Wildman–Crippen MR) is 101 cm³/mol. The van der Waals surface area contributed by atoms with Gasteiger partial charge in [0.2, 0.25) is 0 Å². The van der Waals surface area contributed by atoms with E-state index in [0.29, 0.717) is 21.5 Å². The van der Waals surface area contributed by atoms with Gasteiger partial charge < -0.3 is 4.74 Å². The van der Waals surface area contributed by atoms with E-state index in [9.17, 15) is 19.7 Å². The Morgan fingerprint density at radius 1 is 1.37 bits per heavy atom. The molecule has 27 heavy (non-hydrogen) atoms. The molecule has 0 aliphatic carbocycles. The standard InChI is InChI=1S/C17H16N4O5S/c1-9-6-12(4-5-13(9)21(24)25)26-7-14(22)19-20-8-18-16-15(17(20)23)10(2)11(3)27-16/h4-6,8H,7H2,1-3H3,(H,19,22). The number of amides is 1. The van der Waals surface area contributed by atoms with E-state index in [1.807, 2.05) is 13.8 Å². The second-order valence-electron chi connectivity index (χ2n) is 5.91. The molecule has 0 radical (unpaired) electrons. The van der Waals surface area contributed by atoms with Crippen molar-refractivity contribution in [1.82, 2.24) is 9.66 Å². The van der Waals surface area contributed by atoms with Gasteiger partial charge in [-0.3, -0.25) is 25.1 Å². The third-order valence-electron chi connectivity index (χ3n) is 4.07. The van der Waals surface area contributed by atoms with Gasteiger partial charge in [-0.2, -0.15) is 0 Å². The van der Waals surface area contributed by atoms with Crippen molar-refractivity contribution in [2.24, 2.45) is 0 Å². The van der Waals surface area contributed by atoms with Crippen molar-refractivity contribution >= 4 is 33.1 Å². The number of carbonyl (C=O) groups excluding carboxylic acids is 1. The number of nitro groups is 1. The smallest absolute Gasteiger partial charge is 0.281 e. The fourth-order valence-electron chi connectivity index (χ4n) is 2.55. The highest BCUT2D eigenvalue weighted by atomic mass is 32.1. The second-order valence-corrected chi connectivity index (χ2v) is 7.12. The Bertz CT molecular complexity index is 1120. The van der Waals surface area contributed by atoms with Gasteiger partial charge in [-0.05, 0) is 38.5 Å². The molecule has 3 rings (SSSR count). The molecule has 0 aliphatic rings. The minimum Gasteiger partial charge on any atom is -0.484 e.